The van der Waals surface area contributed by atoms with Gasteiger partial charge in [-0.3, -0.25) is 9.40 Å². The van der Waals surface area contributed by atoms with Crippen molar-refractivity contribution in [1.29, 1.82) is 0 Å². The Morgan fingerprint density at radius 3 is 2.45 bits per heavy atom. The summed E-state index contributed by atoms with van der Waals surface area (Å²) in [5, 5.41) is 4.07. The normalized spacial score (nSPS) is 11.8. The van der Waals surface area contributed by atoms with Gasteiger partial charge in [-0.2, -0.15) is 5.10 Å². The first-order valence-electron chi connectivity index (χ1n) is 6.43. The van der Waals surface area contributed by atoms with Crippen LogP contribution in [-0.4, -0.2) is 18.2 Å². The average Bonchev–Trinajstić information content (AvgIpc) is 2.69. The number of anilines is 1. The fourth-order valence-corrected chi connectivity index (χ4v) is 3.44. The number of nitrogens with one attached hydrogen (secondary N) is 1. The molecule has 0 aliphatic rings. The first-order chi connectivity index (χ1) is 9.31. The van der Waals surface area contributed by atoms with Crippen molar-refractivity contribution in [3.8, 4) is 0 Å². The predicted molar refractivity (Wildman–Crippen MR) is 79.3 cm³/mol. The van der Waals surface area contributed by atoms with E-state index in [2.05, 4.69) is 9.82 Å². The smallest absolute Gasteiger partial charge is 0.265 e. The maximum Gasteiger partial charge on any atom is 0.265 e. The molecule has 108 valence electrons. The van der Waals surface area contributed by atoms with E-state index in [0.717, 1.165) is 5.56 Å². The third kappa shape index (κ3) is 2.85. The fourth-order valence-electron chi connectivity index (χ4n) is 2.13. The van der Waals surface area contributed by atoms with Gasteiger partial charge in [0.1, 0.15) is 4.90 Å². The van der Waals surface area contributed by atoms with Crippen LogP contribution in [-0.2, 0) is 17.1 Å². The van der Waals surface area contributed by atoms with Gasteiger partial charge in [0.05, 0.1) is 11.4 Å². The lowest BCUT2D eigenvalue weighted by Gasteiger charge is -2.14. The SMILES string of the molecule is Cc1nn(C)cc1S(=O)(=O)Nc1ccccc1C(C)C. The molecule has 0 radical (unpaired) electrons. The summed E-state index contributed by atoms with van der Waals surface area (Å²) in [4.78, 5) is 0.207. The van der Waals surface area contributed by atoms with Crippen LogP contribution < -0.4 is 4.72 Å². The summed E-state index contributed by atoms with van der Waals surface area (Å²) < 4.78 is 29.0. The highest BCUT2D eigenvalue weighted by Crippen LogP contribution is 2.26. The molecule has 0 saturated carbocycles. The van der Waals surface area contributed by atoms with Crippen molar-refractivity contribution in [3.63, 3.8) is 0 Å². The Morgan fingerprint density at radius 1 is 1.25 bits per heavy atom. The van der Waals surface area contributed by atoms with E-state index < -0.39 is 10.0 Å². The highest BCUT2D eigenvalue weighted by atomic mass is 32.2. The highest BCUT2D eigenvalue weighted by Gasteiger charge is 2.21. The van der Waals surface area contributed by atoms with Crippen LogP contribution in [0.4, 0.5) is 5.69 Å². The molecule has 1 heterocycles. The number of nitrogens with zero attached hydrogens (tertiary/aromatic N) is 2. The number of hydrogen-bond donors (Lipinski definition) is 1. The lowest BCUT2D eigenvalue weighted by molar-refractivity contribution is 0.600. The van der Waals surface area contributed by atoms with Crippen molar-refractivity contribution in [2.24, 2.45) is 7.05 Å². The molecule has 0 fully saturated rings. The van der Waals surface area contributed by atoms with Crippen LogP contribution in [0.5, 0.6) is 0 Å². The molecule has 0 aliphatic carbocycles. The maximum atomic E-state index is 12.4. The van der Waals surface area contributed by atoms with Crippen LogP contribution >= 0.6 is 0 Å². The van der Waals surface area contributed by atoms with Gasteiger partial charge in [0.15, 0.2) is 0 Å². The van der Waals surface area contributed by atoms with Crippen molar-refractivity contribution in [3.05, 3.63) is 41.7 Å². The summed E-state index contributed by atoms with van der Waals surface area (Å²) in [6.07, 6.45) is 1.51. The molecule has 2 rings (SSSR count). The van der Waals surface area contributed by atoms with Crippen LogP contribution in [0.15, 0.2) is 35.4 Å². The first kappa shape index (κ1) is 14.6. The standard InChI is InChI=1S/C14H19N3O2S/c1-10(2)12-7-5-6-8-13(12)16-20(18,19)14-9-17(4)15-11(14)3/h5-10,16H,1-4H3. The third-order valence-electron chi connectivity index (χ3n) is 3.09. The Hall–Kier alpha value is -1.82. The number of aromatic nitrogens is 2. The van der Waals surface area contributed by atoms with Gasteiger partial charge in [-0.1, -0.05) is 32.0 Å². The summed E-state index contributed by atoms with van der Waals surface area (Å²) in [7, 11) is -1.91. The Kier molecular flexibility index (Phi) is 3.85. The van der Waals surface area contributed by atoms with Crippen molar-refractivity contribution in [2.45, 2.75) is 31.6 Å². The fraction of sp³-hybridized carbons (Fsp3) is 0.357. The van der Waals surface area contributed by atoms with E-state index in [1.54, 1.807) is 20.0 Å². The van der Waals surface area contributed by atoms with Crippen LogP contribution in [0.3, 0.4) is 0 Å². The number of benzene rings is 1. The quantitative estimate of drug-likeness (QED) is 0.942. The lowest BCUT2D eigenvalue weighted by atomic mass is 10.0. The summed E-state index contributed by atoms with van der Waals surface area (Å²) in [6, 6.07) is 7.43. The van der Waals surface area contributed by atoms with Gasteiger partial charge in [-0.15, -0.1) is 0 Å². The van der Waals surface area contributed by atoms with Gasteiger partial charge < -0.3 is 0 Å². The van der Waals surface area contributed by atoms with E-state index in [9.17, 15) is 8.42 Å². The minimum Gasteiger partial charge on any atom is -0.279 e. The maximum absolute atomic E-state index is 12.4. The molecule has 0 atom stereocenters. The zero-order valence-electron chi connectivity index (χ0n) is 12.1. The Morgan fingerprint density at radius 2 is 1.90 bits per heavy atom. The van der Waals surface area contributed by atoms with Gasteiger partial charge in [-0.25, -0.2) is 8.42 Å². The number of para-hydroxylation sites is 1. The molecule has 2 aromatic rings. The molecule has 1 aromatic carbocycles. The van der Waals surface area contributed by atoms with E-state index in [-0.39, 0.29) is 10.8 Å². The monoisotopic (exact) mass is 293 g/mol. The highest BCUT2D eigenvalue weighted by molar-refractivity contribution is 7.92. The molecule has 5 nitrogen and oxygen atoms in total. The first-order valence-corrected chi connectivity index (χ1v) is 7.91. The Bertz CT molecular complexity index is 718. The zero-order valence-corrected chi connectivity index (χ0v) is 12.9. The van der Waals surface area contributed by atoms with Gasteiger partial charge in [0.25, 0.3) is 10.0 Å². The topological polar surface area (TPSA) is 64.0 Å². The second-order valence-corrected chi connectivity index (χ2v) is 6.75. The molecule has 0 bridgehead atoms. The van der Waals surface area contributed by atoms with Crippen LogP contribution in [0.25, 0.3) is 0 Å². The van der Waals surface area contributed by atoms with E-state index in [0.29, 0.717) is 11.4 Å². The average molecular weight is 293 g/mol. The van der Waals surface area contributed by atoms with Crippen molar-refractivity contribution in [2.75, 3.05) is 4.72 Å². The third-order valence-corrected chi connectivity index (χ3v) is 4.55. The van der Waals surface area contributed by atoms with E-state index in [1.165, 1.54) is 10.9 Å². The molecule has 0 spiro atoms. The molecule has 0 aliphatic heterocycles. The van der Waals surface area contributed by atoms with Crippen LogP contribution in [0, 0.1) is 6.92 Å². The number of rotatable bonds is 4. The number of aryl methyl sites for hydroxylation is 2. The summed E-state index contributed by atoms with van der Waals surface area (Å²) >= 11 is 0. The second-order valence-electron chi connectivity index (χ2n) is 5.10. The molecule has 6 heteroatoms. The number of hydrogen-bond acceptors (Lipinski definition) is 3. The molecular formula is C14H19N3O2S. The molecule has 1 aromatic heterocycles. The minimum atomic E-state index is -3.61. The number of sulfonamides is 1. The van der Waals surface area contributed by atoms with E-state index >= 15 is 0 Å². The van der Waals surface area contributed by atoms with E-state index in [4.69, 9.17) is 0 Å². The van der Waals surface area contributed by atoms with Gasteiger partial charge in [0.2, 0.25) is 0 Å². The molecule has 0 amide bonds. The predicted octanol–water partition coefficient (Wildman–Crippen LogP) is 2.65. The van der Waals surface area contributed by atoms with Crippen molar-refractivity contribution < 1.29 is 8.42 Å². The molecule has 20 heavy (non-hydrogen) atoms. The lowest BCUT2D eigenvalue weighted by Crippen LogP contribution is -2.15. The van der Waals surface area contributed by atoms with E-state index in [1.807, 2.05) is 32.0 Å². The second kappa shape index (κ2) is 5.28. The van der Waals surface area contributed by atoms with Gasteiger partial charge in [0, 0.05) is 13.2 Å². The Balaban J connectivity index is 2.41. The van der Waals surface area contributed by atoms with Crippen LogP contribution in [0.1, 0.15) is 31.0 Å². The summed E-state index contributed by atoms with van der Waals surface area (Å²) in [6.45, 7) is 5.74. The van der Waals surface area contributed by atoms with Crippen LogP contribution in [0.2, 0.25) is 0 Å². The molecule has 1 N–H and O–H groups in total. The molecule has 0 unspecified atom stereocenters. The van der Waals surface area contributed by atoms with Gasteiger partial charge >= 0.3 is 0 Å². The van der Waals surface area contributed by atoms with Crippen molar-refractivity contribution in [1.82, 2.24) is 9.78 Å². The summed E-state index contributed by atoms with van der Waals surface area (Å²) in [5.74, 6) is 0.240. The Labute approximate surface area is 119 Å². The minimum absolute atomic E-state index is 0.207. The molecular weight excluding hydrogens is 274 g/mol. The zero-order chi connectivity index (χ0) is 14.9. The molecule has 0 saturated heterocycles. The summed E-state index contributed by atoms with van der Waals surface area (Å²) in [5.41, 5.74) is 2.07. The van der Waals surface area contributed by atoms with Crippen molar-refractivity contribution >= 4 is 15.7 Å². The van der Waals surface area contributed by atoms with Gasteiger partial charge in [-0.05, 0) is 24.5 Å². The largest absolute Gasteiger partial charge is 0.279 e.